The number of hydrogen-bond acceptors (Lipinski definition) is 7. The smallest absolute Gasteiger partial charge is 0.261 e. The molecule has 3 aromatic carbocycles. The number of ketones is 3. The minimum absolute atomic E-state index is 0.0196. The van der Waals surface area contributed by atoms with Crippen LogP contribution in [0.3, 0.4) is 0 Å². The van der Waals surface area contributed by atoms with Crippen LogP contribution in [0, 0.1) is 23.7 Å². The molecule has 5 atom stereocenters. The minimum atomic E-state index is -3.04. The number of epoxide rings is 1. The van der Waals surface area contributed by atoms with E-state index >= 15 is 0 Å². The van der Waals surface area contributed by atoms with Gasteiger partial charge in [-0.25, -0.2) is 0 Å². The van der Waals surface area contributed by atoms with E-state index in [1.54, 1.807) is 6.92 Å². The lowest BCUT2D eigenvalue weighted by Crippen LogP contribution is -2.67. The topological polar surface area (TPSA) is 131 Å². The number of Topliss-reactive ketones (excluding diaryl/α,β-unsaturated/α-hetero) is 3. The average molecular weight is 797 g/mol. The largest absolute Gasteiger partial charge is 0.407 e. The Balaban J connectivity index is 1.61. The Labute approximate surface area is 341 Å². The number of hydrogen-bond donors (Lipinski definition) is 2. The molecule has 10 heteroatoms. The monoisotopic (exact) mass is 796 g/mol. The highest BCUT2D eigenvalue weighted by Gasteiger charge is 2.51. The first-order chi connectivity index (χ1) is 26.9. The van der Waals surface area contributed by atoms with Crippen molar-refractivity contribution in [3.05, 3.63) is 96.6 Å². The molecule has 0 radical (unpaired) electrons. The normalized spacial score (nSPS) is 17.7. The zero-order chi connectivity index (χ0) is 42.0. The molecule has 3 aromatic rings. The van der Waals surface area contributed by atoms with Crippen LogP contribution in [0.1, 0.15) is 93.6 Å². The molecule has 0 spiro atoms. The first-order valence-electron chi connectivity index (χ1n) is 20.5. The zero-order valence-electron chi connectivity index (χ0n) is 35.4. The molecule has 0 bridgehead atoms. The van der Waals surface area contributed by atoms with E-state index in [1.165, 1.54) is 6.92 Å². The van der Waals surface area contributed by atoms with Crippen LogP contribution in [-0.2, 0) is 39.6 Å². The van der Waals surface area contributed by atoms with Gasteiger partial charge in [0, 0.05) is 25.4 Å². The summed E-state index contributed by atoms with van der Waals surface area (Å²) < 4.78 is 12.5. The lowest BCUT2D eigenvalue weighted by atomic mass is 9.87. The Hall–Kier alpha value is -4.25. The Morgan fingerprint density at radius 1 is 0.719 bits per heavy atom. The summed E-state index contributed by atoms with van der Waals surface area (Å²) in [5.41, 5.74) is -0.0391. The first kappa shape index (κ1) is 45.4. The number of ether oxygens (including phenoxy) is 1. The van der Waals surface area contributed by atoms with E-state index in [4.69, 9.17) is 9.16 Å². The van der Waals surface area contributed by atoms with Crippen LogP contribution in [0.25, 0.3) is 0 Å². The molecular weight excluding hydrogens is 733 g/mol. The summed E-state index contributed by atoms with van der Waals surface area (Å²) in [6, 6.07) is 28.0. The van der Waals surface area contributed by atoms with Crippen LogP contribution in [0.4, 0.5) is 0 Å². The second kappa shape index (κ2) is 19.9. The summed E-state index contributed by atoms with van der Waals surface area (Å²) in [5.74, 6) is -2.94. The molecule has 0 saturated carbocycles. The minimum Gasteiger partial charge on any atom is -0.407 e. The van der Waals surface area contributed by atoms with Gasteiger partial charge in [-0.05, 0) is 65.9 Å². The van der Waals surface area contributed by atoms with Crippen molar-refractivity contribution >= 4 is 47.9 Å². The molecule has 1 saturated heterocycles. The lowest BCUT2D eigenvalue weighted by Gasteiger charge is -2.43. The molecule has 308 valence electrons. The number of carbonyl (C=O) groups is 5. The molecule has 0 aromatic heterocycles. The summed E-state index contributed by atoms with van der Waals surface area (Å²) in [4.78, 5) is 69.0. The van der Waals surface area contributed by atoms with Crippen molar-refractivity contribution in [3.63, 3.8) is 0 Å². The number of benzene rings is 3. The predicted octanol–water partition coefficient (Wildman–Crippen LogP) is 6.40. The van der Waals surface area contributed by atoms with Gasteiger partial charge in [0.2, 0.25) is 11.8 Å². The zero-order valence-corrected chi connectivity index (χ0v) is 36.4. The van der Waals surface area contributed by atoms with Crippen molar-refractivity contribution in [2.45, 2.75) is 117 Å². The fourth-order valence-corrected chi connectivity index (χ4v) is 12.4. The van der Waals surface area contributed by atoms with Gasteiger partial charge >= 0.3 is 0 Å². The third-order valence-corrected chi connectivity index (χ3v) is 15.8. The van der Waals surface area contributed by atoms with Crippen LogP contribution >= 0.6 is 0 Å². The summed E-state index contributed by atoms with van der Waals surface area (Å²) >= 11 is 0. The second-order valence-electron chi connectivity index (χ2n) is 17.9. The van der Waals surface area contributed by atoms with Crippen LogP contribution in [0.2, 0.25) is 5.04 Å². The van der Waals surface area contributed by atoms with Crippen molar-refractivity contribution in [3.8, 4) is 0 Å². The maximum Gasteiger partial charge on any atom is 0.261 e. The van der Waals surface area contributed by atoms with Gasteiger partial charge < -0.3 is 24.6 Å². The van der Waals surface area contributed by atoms with Crippen molar-refractivity contribution in [1.82, 2.24) is 10.6 Å². The van der Waals surface area contributed by atoms with Crippen LogP contribution in [0.15, 0.2) is 91.0 Å². The van der Waals surface area contributed by atoms with E-state index in [-0.39, 0.29) is 60.1 Å². The third kappa shape index (κ3) is 12.4. The average Bonchev–Trinajstić information content (AvgIpc) is 3.91. The Morgan fingerprint density at radius 2 is 1.18 bits per heavy atom. The molecule has 1 aliphatic rings. The van der Waals surface area contributed by atoms with Gasteiger partial charge in [-0.3, -0.25) is 19.2 Å². The highest BCUT2D eigenvalue weighted by Crippen LogP contribution is 2.37. The number of carbonyl (C=O) groups excluding carboxylic acids is 5. The maximum atomic E-state index is 14.4. The Kier molecular flexibility index (Phi) is 15.9. The van der Waals surface area contributed by atoms with Crippen LogP contribution < -0.4 is 21.0 Å². The summed E-state index contributed by atoms with van der Waals surface area (Å²) in [6.45, 7) is 17.9. The van der Waals surface area contributed by atoms with E-state index < -0.39 is 49.7 Å². The third-order valence-electron chi connectivity index (χ3n) is 10.8. The summed E-state index contributed by atoms with van der Waals surface area (Å²) in [5, 5.41) is 7.77. The van der Waals surface area contributed by atoms with E-state index in [9.17, 15) is 24.0 Å². The second-order valence-corrected chi connectivity index (χ2v) is 22.2. The molecule has 1 aliphatic heterocycles. The van der Waals surface area contributed by atoms with E-state index in [2.05, 4.69) is 55.7 Å². The molecule has 4 rings (SSSR count). The fourth-order valence-electron chi connectivity index (χ4n) is 7.75. The van der Waals surface area contributed by atoms with E-state index in [0.717, 1.165) is 15.9 Å². The molecular formula is C47H64N2O7Si. The molecule has 57 heavy (non-hydrogen) atoms. The first-order valence-corrected chi connectivity index (χ1v) is 22.4. The molecule has 1 fully saturated rings. The van der Waals surface area contributed by atoms with Crippen molar-refractivity contribution < 1.29 is 33.1 Å². The van der Waals surface area contributed by atoms with Gasteiger partial charge in [-0.2, -0.15) is 0 Å². The molecule has 2 amide bonds. The fraction of sp³-hybridized carbons (Fsp3) is 0.511. The number of rotatable bonds is 22. The van der Waals surface area contributed by atoms with E-state index in [1.807, 2.05) is 94.4 Å². The number of amides is 2. The molecule has 2 N–H and O–H groups in total. The van der Waals surface area contributed by atoms with Gasteiger partial charge in [0.1, 0.15) is 11.4 Å². The Bertz CT molecular complexity index is 1760. The SMILES string of the molecule is CC(=O)C[C@@H](CO[Si](c1ccccc1)(c1ccccc1)C(C)(C)C)C(=O)N[C@@H](CC(C)C)C(=O)C[C@@H](Cc1ccccc1)C(=O)N[C@@H](CC(C)C)C(=O)[C@@]1(C)CO1. The molecule has 0 aliphatic carbocycles. The van der Waals surface area contributed by atoms with Crippen molar-refractivity contribution in [2.24, 2.45) is 23.7 Å². The summed E-state index contributed by atoms with van der Waals surface area (Å²) in [6.07, 6.45) is 0.854. The predicted molar refractivity (Wildman–Crippen MR) is 228 cm³/mol. The van der Waals surface area contributed by atoms with Gasteiger partial charge in [0.25, 0.3) is 8.32 Å². The number of nitrogens with one attached hydrogen (secondary N) is 2. The quantitative estimate of drug-likeness (QED) is 0.0890. The molecule has 9 nitrogen and oxygen atoms in total. The van der Waals surface area contributed by atoms with Gasteiger partial charge in [0.05, 0.1) is 24.6 Å². The van der Waals surface area contributed by atoms with Crippen LogP contribution in [0.5, 0.6) is 0 Å². The maximum absolute atomic E-state index is 14.4. The van der Waals surface area contributed by atoms with Crippen molar-refractivity contribution in [2.75, 3.05) is 13.2 Å². The van der Waals surface area contributed by atoms with Crippen molar-refractivity contribution in [1.29, 1.82) is 0 Å². The summed E-state index contributed by atoms with van der Waals surface area (Å²) in [7, 11) is -3.04. The molecule has 1 heterocycles. The van der Waals surface area contributed by atoms with E-state index in [0.29, 0.717) is 19.4 Å². The van der Waals surface area contributed by atoms with Crippen LogP contribution in [-0.4, -0.2) is 68.4 Å². The lowest BCUT2D eigenvalue weighted by molar-refractivity contribution is -0.136. The molecule has 0 unspecified atom stereocenters. The highest BCUT2D eigenvalue weighted by molar-refractivity contribution is 6.99. The van der Waals surface area contributed by atoms with Gasteiger partial charge in [-0.15, -0.1) is 0 Å². The van der Waals surface area contributed by atoms with Gasteiger partial charge in [0.15, 0.2) is 11.6 Å². The Morgan fingerprint density at radius 3 is 1.63 bits per heavy atom. The van der Waals surface area contributed by atoms with Gasteiger partial charge in [-0.1, -0.05) is 139 Å². The highest BCUT2D eigenvalue weighted by atomic mass is 28.4. The standard InChI is InChI=1S/C47H64N2O7Si/c1-32(2)25-40(42(51)29-36(28-35-19-13-10-14-20-35)44(53)49-41(26-33(3)4)43(52)47(9)31-55-47)48-45(54)37(27-34(5)50)30-56-57(46(6,7)8,38-21-15-11-16-22-38)39-23-17-12-18-24-39/h10-24,32-33,36-37,40-41H,25-31H2,1-9H3,(H,48,54)(H,49,53)/t36-,37+,40+,41+,47-/m1/s1.